The zero-order valence-corrected chi connectivity index (χ0v) is 11.6. The Morgan fingerprint density at radius 2 is 2.05 bits per heavy atom. The summed E-state index contributed by atoms with van der Waals surface area (Å²) in [5, 5.41) is 12.5. The topological polar surface area (TPSA) is 67.8 Å². The van der Waals surface area contributed by atoms with E-state index in [2.05, 4.69) is 5.32 Å². The van der Waals surface area contributed by atoms with Gasteiger partial charge >= 0.3 is 0 Å². The van der Waals surface area contributed by atoms with Crippen LogP contribution in [0, 0.1) is 6.92 Å². The highest BCUT2D eigenvalue weighted by atomic mass is 16.7. The quantitative estimate of drug-likeness (QED) is 0.908. The molecule has 5 heteroatoms. The van der Waals surface area contributed by atoms with Crippen LogP contribution >= 0.6 is 0 Å². The number of phenolic OH excluding ortho intramolecular Hbond substituents is 1. The molecular formula is C16H15NO4. The third kappa shape index (κ3) is 2.63. The summed E-state index contributed by atoms with van der Waals surface area (Å²) in [7, 11) is 0. The van der Waals surface area contributed by atoms with Gasteiger partial charge in [0.25, 0.3) is 5.91 Å². The Morgan fingerprint density at radius 1 is 1.24 bits per heavy atom. The first-order valence-electron chi connectivity index (χ1n) is 6.60. The summed E-state index contributed by atoms with van der Waals surface area (Å²) in [6, 6.07) is 10.4. The minimum atomic E-state index is -0.221. The van der Waals surface area contributed by atoms with Gasteiger partial charge in [0.15, 0.2) is 11.5 Å². The second kappa shape index (κ2) is 5.36. The molecule has 0 atom stereocenters. The second-order valence-corrected chi connectivity index (χ2v) is 4.82. The van der Waals surface area contributed by atoms with Crippen molar-refractivity contribution in [3.05, 3.63) is 53.1 Å². The first-order chi connectivity index (χ1) is 10.1. The molecule has 0 bridgehead atoms. The van der Waals surface area contributed by atoms with Gasteiger partial charge in [-0.2, -0.15) is 0 Å². The summed E-state index contributed by atoms with van der Waals surface area (Å²) in [6.07, 6.45) is 0. The standard InChI is InChI=1S/C16H15NO4/c1-10-12(3-2-4-13(10)18)16(19)17-8-11-5-6-14-15(7-11)21-9-20-14/h2-7,18H,8-9H2,1H3,(H,17,19). The van der Waals surface area contributed by atoms with Gasteiger partial charge in [0.2, 0.25) is 6.79 Å². The van der Waals surface area contributed by atoms with Crippen LogP contribution in [0.1, 0.15) is 21.5 Å². The van der Waals surface area contributed by atoms with Crippen LogP contribution in [0.4, 0.5) is 0 Å². The van der Waals surface area contributed by atoms with Crippen molar-refractivity contribution in [2.75, 3.05) is 6.79 Å². The maximum atomic E-state index is 12.1. The molecule has 3 rings (SSSR count). The lowest BCUT2D eigenvalue weighted by molar-refractivity contribution is 0.0949. The van der Waals surface area contributed by atoms with E-state index in [1.165, 1.54) is 0 Å². The van der Waals surface area contributed by atoms with Crippen LogP contribution in [0.25, 0.3) is 0 Å². The molecule has 21 heavy (non-hydrogen) atoms. The molecule has 0 aromatic heterocycles. The van der Waals surface area contributed by atoms with Gasteiger partial charge in [0.05, 0.1) is 0 Å². The fourth-order valence-electron chi connectivity index (χ4n) is 2.20. The number of carbonyl (C=O) groups excluding carboxylic acids is 1. The molecule has 1 heterocycles. The van der Waals surface area contributed by atoms with Crippen LogP contribution in [-0.2, 0) is 6.54 Å². The number of aromatic hydroxyl groups is 1. The highest BCUT2D eigenvalue weighted by Gasteiger charge is 2.14. The van der Waals surface area contributed by atoms with Crippen molar-refractivity contribution in [3.63, 3.8) is 0 Å². The number of hydrogen-bond acceptors (Lipinski definition) is 4. The Balaban J connectivity index is 1.70. The van der Waals surface area contributed by atoms with E-state index in [1.807, 2.05) is 18.2 Å². The number of ether oxygens (including phenoxy) is 2. The lowest BCUT2D eigenvalue weighted by atomic mass is 10.1. The Kier molecular flexibility index (Phi) is 3.39. The molecule has 0 saturated heterocycles. The minimum absolute atomic E-state index is 0.116. The average Bonchev–Trinajstić information content (AvgIpc) is 2.95. The van der Waals surface area contributed by atoms with Gasteiger partial charge in [0.1, 0.15) is 5.75 Å². The summed E-state index contributed by atoms with van der Waals surface area (Å²) in [4.78, 5) is 12.1. The zero-order chi connectivity index (χ0) is 14.8. The predicted octanol–water partition coefficient (Wildman–Crippen LogP) is 2.36. The van der Waals surface area contributed by atoms with E-state index >= 15 is 0 Å². The number of benzene rings is 2. The van der Waals surface area contributed by atoms with E-state index < -0.39 is 0 Å². The van der Waals surface area contributed by atoms with Crippen LogP contribution in [0.2, 0.25) is 0 Å². The van der Waals surface area contributed by atoms with Crippen molar-refractivity contribution in [3.8, 4) is 17.2 Å². The van der Waals surface area contributed by atoms with Gasteiger partial charge < -0.3 is 19.9 Å². The molecule has 0 unspecified atom stereocenters. The molecule has 0 fully saturated rings. The monoisotopic (exact) mass is 285 g/mol. The molecule has 2 N–H and O–H groups in total. The molecule has 0 radical (unpaired) electrons. The van der Waals surface area contributed by atoms with Gasteiger partial charge in [-0.3, -0.25) is 4.79 Å². The van der Waals surface area contributed by atoms with Gasteiger partial charge in [0, 0.05) is 17.7 Å². The number of phenols is 1. The molecule has 0 aliphatic carbocycles. The smallest absolute Gasteiger partial charge is 0.251 e. The van der Waals surface area contributed by atoms with Crippen molar-refractivity contribution in [2.45, 2.75) is 13.5 Å². The molecular weight excluding hydrogens is 270 g/mol. The Labute approximate surface area is 122 Å². The second-order valence-electron chi connectivity index (χ2n) is 4.82. The van der Waals surface area contributed by atoms with Gasteiger partial charge in [-0.15, -0.1) is 0 Å². The number of hydrogen-bond donors (Lipinski definition) is 2. The van der Waals surface area contributed by atoms with Crippen molar-refractivity contribution in [1.29, 1.82) is 0 Å². The summed E-state index contributed by atoms with van der Waals surface area (Å²) >= 11 is 0. The Morgan fingerprint density at radius 3 is 2.90 bits per heavy atom. The number of carbonyl (C=O) groups is 1. The molecule has 2 aromatic carbocycles. The Bertz CT molecular complexity index is 697. The van der Waals surface area contributed by atoms with Crippen LogP contribution in [-0.4, -0.2) is 17.8 Å². The van der Waals surface area contributed by atoms with E-state index in [4.69, 9.17) is 9.47 Å². The molecule has 0 saturated carbocycles. The van der Waals surface area contributed by atoms with Crippen molar-refractivity contribution in [1.82, 2.24) is 5.32 Å². The number of rotatable bonds is 3. The number of nitrogens with one attached hydrogen (secondary N) is 1. The van der Waals surface area contributed by atoms with Gasteiger partial charge in [-0.1, -0.05) is 12.1 Å². The van der Waals surface area contributed by atoms with E-state index in [0.717, 1.165) is 5.56 Å². The van der Waals surface area contributed by atoms with E-state index in [1.54, 1.807) is 25.1 Å². The molecule has 5 nitrogen and oxygen atoms in total. The highest BCUT2D eigenvalue weighted by Crippen LogP contribution is 2.32. The summed E-state index contributed by atoms with van der Waals surface area (Å²) in [5.41, 5.74) is 1.96. The normalized spacial score (nSPS) is 12.2. The van der Waals surface area contributed by atoms with E-state index in [9.17, 15) is 9.90 Å². The number of amides is 1. The average molecular weight is 285 g/mol. The van der Waals surface area contributed by atoms with Crippen LogP contribution in [0.5, 0.6) is 17.2 Å². The minimum Gasteiger partial charge on any atom is -0.508 e. The largest absolute Gasteiger partial charge is 0.508 e. The maximum Gasteiger partial charge on any atom is 0.251 e. The first kappa shape index (κ1) is 13.3. The van der Waals surface area contributed by atoms with Crippen LogP contribution in [0.15, 0.2) is 36.4 Å². The molecule has 1 aliphatic rings. The first-order valence-corrected chi connectivity index (χ1v) is 6.60. The number of fused-ring (bicyclic) bond motifs is 1. The lowest BCUT2D eigenvalue weighted by Gasteiger charge is -2.09. The third-order valence-corrected chi connectivity index (χ3v) is 3.44. The van der Waals surface area contributed by atoms with E-state index in [-0.39, 0.29) is 18.4 Å². The highest BCUT2D eigenvalue weighted by molar-refractivity contribution is 5.96. The lowest BCUT2D eigenvalue weighted by Crippen LogP contribution is -2.23. The SMILES string of the molecule is Cc1c(O)cccc1C(=O)NCc1ccc2c(c1)OCO2. The molecule has 0 spiro atoms. The van der Waals surface area contributed by atoms with Gasteiger partial charge in [-0.05, 0) is 36.8 Å². The van der Waals surface area contributed by atoms with E-state index in [0.29, 0.717) is 29.2 Å². The molecule has 108 valence electrons. The maximum absolute atomic E-state index is 12.1. The summed E-state index contributed by atoms with van der Waals surface area (Å²) < 4.78 is 10.5. The van der Waals surface area contributed by atoms with Gasteiger partial charge in [-0.25, -0.2) is 0 Å². The molecule has 1 aliphatic heterocycles. The van der Waals surface area contributed by atoms with Crippen molar-refractivity contribution >= 4 is 5.91 Å². The molecule has 2 aromatic rings. The summed E-state index contributed by atoms with van der Waals surface area (Å²) in [5.74, 6) is 1.30. The predicted molar refractivity (Wildman–Crippen MR) is 76.6 cm³/mol. The van der Waals surface area contributed by atoms with Crippen molar-refractivity contribution < 1.29 is 19.4 Å². The fourth-order valence-corrected chi connectivity index (χ4v) is 2.20. The summed E-state index contributed by atoms with van der Waals surface area (Å²) in [6.45, 7) is 2.32. The Hall–Kier alpha value is -2.69. The third-order valence-electron chi connectivity index (χ3n) is 3.44. The fraction of sp³-hybridized carbons (Fsp3) is 0.188. The zero-order valence-electron chi connectivity index (χ0n) is 11.6. The van der Waals surface area contributed by atoms with Crippen molar-refractivity contribution in [2.24, 2.45) is 0 Å². The van der Waals surface area contributed by atoms with Crippen LogP contribution in [0.3, 0.4) is 0 Å². The molecule has 1 amide bonds. The van der Waals surface area contributed by atoms with Crippen LogP contribution < -0.4 is 14.8 Å².